The molecule has 0 aliphatic rings. The molecule has 0 saturated carbocycles. The van der Waals surface area contributed by atoms with Crippen molar-refractivity contribution in [2.45, 2.75) is 19.9 Å². The average Bonchev–Trinajstić information content (AvgIpc) is 2.82. The zero-order valence-electron chi connectivity index (χ0n) is 10.2. The Hall–Kier alpha value is -1.91. The van der Waals surface area contributed by atoms with E-state index in [2.05, 4.69) is 31.5 Å². The van der Waals surface area contributed by atoms with E-state index in [1.807, 2.05) is 25.5 Å². The molecular weight excluding hydrogens is 214 g/mol. The van der Waals surface area contributed by atoms with E-state index < -0.39 is 0 Å². The van der Waals surface area contributed by atoms with Crippen LogP contribution in [0.3, 0.4) is 0 Å². The topological polar surface area (TPSA) is 46.8 Å². The summed E-state index contributed by atoms with van der Waals surface area (Å²) in [6.45, 7) is 3.92. The predicted octanol–water partition coefficient (Wildman–Crippen LogP) is 1.51. The summed E-state index contributed by atoms with van der Waals surface area (Å²) in [5, 5.41) is 0. The van der Waals surface area contributed by atoms with Crippen LogP contribution >= 0.6 is 0 Å². The van der Waals surface area contributed by atoms with Crippen molar-refractivity contribution in [3.05, 3.63) is 36.8 Å². The van der Waals surface area contributed by atoms with Crippen molar-refractivity contribution in [3.63, 3.8) is 0 Å². The van der Waals surface area contributed by atoms with Gasteiger partial charge >= 0.3 is 0 Å². The van der Waals surface area contributed by atoms with E-state index in [4.69, 9.17) is 0 Å². The summed E-state index contributed by atoms with van der Waals surface area (Å²) in [6.07, 6.45) is 8.30. The van der Waals surface area contributed by atoms with E-state index in [0.717, 1.165) is 31.0 Å². The second-order valence-corrected chi connectivity index (χ2v) is 4.09. The third-order valence-corrected chi connectivity index (χ3v) is 2.65. The number of nitrogens with zero attached hydrogens (tertiary/aromatic N) is 5. The average molecular weight is 231 g/mol. The first-order valence-corrected chi connectivity index (χ1v) is 5.71. The van der Waals surface area contributed by atoms with Gasteiger partial charge in [0.25, 0.3) is 0 Å². The van der Waals surface area contributed by atoms with E-state index in [9.17, 15) is 0 Å². The molecule has 90 valence electrons. The Kier molecular flexibility index (Phi) is 3.69. The number of anilines is 1. The zero-order valence-corrected chi connectivity index (χ0v) is 10.2. The Labute approximate surface area is 101 Å². The number of aromatic nitrogens is 4. The Balaban J connectivity index is 1.83. The molecule has 17 heavy (non-hydrogen) atoms. The molecule has 0 saturated heterocycles. The van der Waals surface area contributed by atoms with Crippen molar-refractivity contribution < 1.29 is 0 Å². The van der Waals surface area contributed by atoms with E-state index in [1.165, 1.54) is 0 Å². The molecule has 2 aromatic heterocycles. The van der Waals surface area contributed by atoms with E-state index in [1.54, 1.807) is 12.5 Å². The van der Waals surface area contributed by atoms with Gasteiger partial charge in [0.15, 0.2) is 0 Å². The molecule has 0 spiro atoms. The van der Waals surface area contributed by atoms with Gasteiger partial charge in [0.1, 0.15) is 12.1 Å². The SMILES string of the molecule is Cc1cc(N(C)CCCn2ccnc2)ncn1. The first-order valence-electron chi connectivity index (χ1n) is 5.71. The molecule has 0 bridgehead atoms. The Bertz CT molecular complexity index is 452. The summed E-state index contributed by atoms with van der Waals surface area (Å²) >= 11 is 0. The number of imidazole rings is 1. The second-order valence-electron chi connectivity index (χ2n) is 4.09. The maximum atomic E-state index is 4.25. The van der Waals surface area contributed by atoms with Crippen molar-refractivity contribution in [1.82, 2.24) is 19.5 Å². The van der Waals surface area contributed by atoms with Crippen LogP contribution in [0.15, 0.2) is 31.1 Å². The fraction of sp³-hybridized carbons (Fsp3) is 0.417. The minimum absolute atomic E-state index is 0.967. The van der Waals surface area contributed by atoms with Crippen LogP contribution in [0.4, 0.5) is 5.82 Å². The molecule has 5 heteroatoms. The standard InChI is InChI=1S/C12H17N5/c1-11-8-12(15-9-14-11)16(2)5-3-6-17-7-4-13-10-17/h4,7-10H,3,5-6H2,1-2H3. The second kappa shape index (κ2) is 5.43. The molecule has 2 heterocycles. The van der Waals surface area contributed by atoms with Gasteiger partial charge in [0.2, 0.25) is 0 Å². The van der Waals surface area contributed by atoms with Gasteiger partial charge in [0, 0.05) is 44.3 Å². The molecular formula is C12H17N5. The van der Waals surface area contributed by atoms with Gasteiger partial charge in [-0.05, 0) is 13.3 Å². The van der Waals surface area contributed by atoms with Crippen molar-refractivity contribution in [1.29, 1.82) is 0 Å². The van der Waals surface area contributed by atoms with Crippen LogP contribution in [-0.4, -0.2) is 33.1 Å². The fourth-order valence-electron chi connectivity index (χ4n) is 1.67. The molecule has 0 N–H and O–H groups in total. The summed E-state index contributed by atoms with van der Waals surface area (Å²) in [4.78, 5) is 14.5. The Morgan fingerprint density at radius 2 is 2.24 bits per heavy atom. The molecule has 0 unspecified atom stereocenters. The van der Waals surface area contributed by atoms with Gasteiger partial charge in [-0.15, -0.1) is 0 Å². The highest BCUT2D eigenvalue weighted by Crippen LogP contribution is 2.08. The van der Waals surface area contributed by atoms with E-state index in [0.29, 0.717) is 0 Å². The maximum absolute atomic E-state index is 4.25. The van der Waals surface area contributed by atoms with Crippen molar-refractivity contribution in [2.24, 2.45) is 0 Å². The van der Waals surface area contributed by atoms with Crippen LogP contribution < -0.4 is 4.90 Å². The van der Waals surface area contributed by atoms with Crippen LogP contribution in [0.5, 0.6) is 0 Å². The van der Waals surface area contributed by atoms with Gasteiger partial charge < -0.3 is 9.47 Å². The lowest BCUT2D eigenvalue weighted by atomic mass is 10.3. The molecule has 2 aromatic rings. The number of aryl methyl sites for hydroxylation is 2. The molecule has 0 atom stereocenters. The highest BCUT2D eigenvalue weighted by Gasteiger charge is 2.02. The monoisotopic (exact) mass is 231 g/mol. The van der Waals surface area contributed by atoms with Crippen LogP contribution in [-0.2, 0) is 6.54 Å². The van der Waals surface area contributed by atoms with Crippen molar-refractivity contribution in [2.75, 3.05) is 18.5 Å². The summed E-state index contributed by atoms with van der Waals surface area (Å²) < 4.78 is 2.08. The van der Waals surface area contributed by atoms with Crippen LogP contribution in [0.1, 0.15) is 12.1 Å². The summed E-state index contributed by atoms with van der Waals surface area (Å²) in [5.74, 6) is 0.975. The summed E-state index contributed by atoms with van der Waals surface area (Å²) in [6, 6.07) is 2.00. The van der Waals surface area contributed by atoms with E-state index in [-0.39, 0.29) is 0 Å². The predicted molar refractivity (Wildman–Crippen MR) is 66.9 cm³/mol. The van der Waals surface area contributed by atoms with Crippen LogP contribution in [0, 0.1) is 6.92 Å². The maximum Gasteiger partial charge on any atom is 0.131 e. The van der Waals surface area contributed by atoms with Gasteiger partial charge in [-0.3, -0.25) is 0 Å². The molecule has 0 fully saturated rings. The third-order valence-electron chi connectivity index (χ3n) is 2.65. The smallest absolute Gasteiger partial charge is 0.131 e. The first kappa shape index (κ1) is 11.6. The molecule has 5 nitrogen and oxygen atoms in total. The molecule has 0 amide bonds. The molecule has 0 aromatic carbocycles. The lowest BCUT2D eigenvalue weighted by Crippen LogP contribution is -2.21. The van der Waals surface area contributed by atoms with Gasteiger partial charge in [-0.25, -0.2) is 15.0 Å². The number of hydrogen-bond donors (Lipinski definition) is 0. The van der Waals surface area contributed by atoms with Gasteiger partial charge in [-0.2, -0.15) is 0 Å². The quantitative estimate of drug-likeness (QED) is 0.782. The highest BCUT2D eigenvalue weighted by molar-refractivity contribution is 5.37. The minimum atomic E-state index is 0.967. The molecule has 0 aliphatic heterocycles. The lowest BCUT2D eigenvalue weighted by molar-refractivity contribution is 0.635. The fourth-order valence-corrected chi connectivity index (χ4v) is 1.67. The summed E-state index contributed by atoms with van der Waals surface area (Å²) in [7, 11) is 2.05. The largest absolute Gasteiger partial charge is 0.360 e. The highest BCUT2D eigenvalue weighted by atomic mass is 15.2. The van der Waals surface area contributed by atoms with Gasteiger partial charge in [0.05, 0.1) is 6.33 Å². The minimum Gasteiger partial charge on any atom is -0.360 e. The third kappa shape index (κ3) is 3.27. The Morgan fingerprint density at radius 3 is 2.94 bits per heavy atom. The van der Waals surface area contributed by atoms with Crippen molar-refractivity contribution >= 4 is 5.82 Å². The van der Waals surface area contributed by atoms with Crippen LogP contribution in [0.25, 0.3) is 0 Å². The molecule has 2 rings (SSSR count). The molecule has 0 aliphatic carbocycles. The van der Waals surface area contributed by atoms with Crippen LogP contribution in [0.2, 0.25) is 0 Å². The Morgan fingerprint density at radius 1 is 1.35 bits per heavy atom. The number of hydrogen-bond acceptors (Lipinski definition) is 4. The number of rotatable bonds is 5. The first-order chi connectivity index (χ1) is 8.25. The summed E-state index contributed by atoms with van der Waals surface area (Å²) in [5.41, 5.74) is 0.997. The molecule has 0 radical (unpaired) electrons. The zero-order chi connectivity index (χ0) is 12.1. The lowest BCUT2D eigenvalue weighted by Gasteiger charge is -2.18. The normalized spacial score (nSPS) is 10.5. The van der Waals surface area contributed by atoms with Gasteiger partial charge in [-0.1, -0.05) is 0 Å². The van der Waals surface area contributed by atoms with Crippen molar-refractivity contribution in [3.8, 4) is 0 Å². The van der Waals surface area contributed by atoms with E-state index >= 15 is 0 Å².